The minimum atomic E-state index is 0.219. The molecule has 0 bridgehead atoms. The van der Waals surface area contributed by atoms with E-state index in [0.717, 1.165) is 40.5 Å². The average molecular weight is 319 g/mol. The Hall–Kier alpha value is -1.19. The van der Waals surface area contributed by atoms with Crippen molar-refractivity contribution >= 4 is 26.8 Å². The quantitative estimate of drug-likeness (QED) is 0.786. The lowest BCUT2D eigenvalue weighted by Gasteiger charge is -2.18. The van der Waals surface area contributed by atoms with Crippen LogP contribution in [0.15, 0.2) is 47.5 Å². The molecule has 2 aromatic rings. The van der Waals surface area contributed by atoms with Crippen LogP contribution in [0.4, 0.5) is 0 Å². The van der Waals surface area contributed by atoms with Gasteiger partial charge in [0.25, 0.3) is 0 Å². The molecule has 0 fully saturated rings. The Morgan fingerprint density at radius 2 is 2.21 bits per heavy atom. The van der Waals surface area contributed by atoms with Crippen LogP contribution in [0.3, 0.4) is 0 Å². The Balaban J connectivity index is 2.39. The van der Waals surface area contributed by atoms with E-state index < -0.39 is 0 Å². The van der Waals surface area contributed by atoms with Crippen molar-refractivity contribution in [1.29, 1.82) is 0 Å². The molecular formula is C16H19BrN2. The summed E-state index contributed by atoms with van der Waals surface area (Å²) in [7, 11) is 0. The highest BCUT2D eigenvalue weighted by molar-refractivity contribution is 9.10. The van der Waals surface area contributed by atoms with E-state index in [1.54, 1.807) is 0 Å². The lowest BCUT2D eigenvalue weighted by Crippen LogP contribution is -2.23. The third kappa shape index (κ3) is 3.43. The largest absolute Gasteiger partial charge is 0.308 e. The number of pyridine rings is 1. The molecule has 1 aromatic heterocycles. The lowest BCUT2D eigenvalue weighted by molar-refractivity contribution is 0.525. The van der Waals surface area contributed by atoms with Gasteiger partial charge in [0.1, 0.15) is 0 Å². The van der Waals surface area contributed by atoms with Crippen molar-refractivity contribution in [3.05, 3.63) is 53.2 Å². The van der Waals surface area contributed by atoms with Gasteiger partial charge in [-0.2, -0.15) is 0 Å². The Bertz CT molecular complexity index is 566. The molecule has 2 rings (SSSR count). The molecule has 0 saturated heterocycles. The summed E-state index contributed by atoms with van der Waals surface area (Å²) in [5.41, 5.74) is 2.10. The smallest absolute Gasteiger partial charge is 0.0725 e. The lowest BCUT2D eigenvalue weighted by atomic mass is 10.1. The van der Waals surface area contributed by atoms with E-state index in [4.69, 9.17) is 4.98 Å². The SMILES string of the molecule is C=CCC(NCCC)c1nc2ccccc2cc1Br. The fraction of sp³-hybridized carbons (Fsp3) is 0.312. The van der Waals surface area contributed by atoms with Crippen molar-refractivity contribution in [2.45, 2.75) is 25.8 Å². The van der Waals surface area contributed by atoms with Crippen LogP contribution in [0.2, 0.25) is 0 Å². The number of para-hydroxylation sites is 1. The van der Waals surface area contributed by atoms with Crippen molar-refractivity contribution in [2.75, 3.05) is 6.54 Å². The Labute approximate surface area is 123 Å². The van der Waals surface area contributed by atoms with Gasteiger partial charge in [0.15, 0.2) is 0 Å². The first-order chi connectivity index (χ1) is 9.26. The summed E-state index contributed by atoms with van der Waals surface area (Å²) in [4.78, 5) is 4.79. The van der Waals surface area contributed by atoms with Crippen LogP contribution in [0.5, 0.6) is 0 Å². The molecule has 0 radical (unpaired) electrons. The van der Waals surface area contributed by atoms with Gasteiger partial charge in [-0.1, -0.05) is 31.2 Å². The number of nitrogens with one attached hydrogen (secondary N) is 1. The van der Waals surface area contributed by atoms with Crippen LogP contribution in [0.25, 0.3) is 10.9 Å². The number of aromatic nitrogens is 1. The van der Waals surface area contributed by atoms with Crippen molar-refractivity contribution in [2.24, 2.45) is 0 Å². The first kappa shape index (κ1) is 14.2. The van der Waals surface area contributed by atoms with E-state index in [2.05, 4.69) is 52.9 Å². The number of rotatable bonds is 6. The third-order valence-electron chi connectivity index (χ3n) is 3.08. The number of fused-ring (bicyclic) bond motifs is 1. The highest BCUT2D eigenvalue weighted by Gasteiger charge is 2.15. The second kappa shape index (κ2) is 6.83. The van der Waals surface area contributed by atoms with Gasteiger partial charge in [-0.25, -0.2) is 4.98 Å². The van der Waals surface area contributed by atoms with Crippen LogP contribution >= 0.6 is 15.9 Å². The van der Waals surface area contributed by atoms with Gasteiger partial charge in [0.05, 0.1) is 17.3 Å². The van der Waals surface area contributed by atoms with Crippen LogP contribution < -0.4 is 5.32 Å². The minimum Gasteiger partial charge on any atom is -0.308 e. The van der Waals surface area contributed by atoms with E-state index in [1.807, 2.05) is 18.2 Å². The molecule has 1 atom stereocenters. The first-order valence-corrected chi connectivity index (χ1v) is 7.45. The van der Waals surface area contributed by atoms with Crippen molar-refractivity contribution in [3.63, 3.8) is 0 Å². The fourth-order valence-corrected chi connectivity index (χ4v) is 2.74. The number of hydrogen-bond acceptors (Lipinski definition) is 2. The van der Waals surface area contributed by atoms with E-state index in [-0.39, 0.29) is 6.04 Å². The fourth-order valence-electron chi connectivity index (χ4n) is 2.13. The number of nitrogens with zero attached hydrogens (tertiary/aromatic N) is 1. The van der Waals surface area contributed by atoms with Crippen LogP contribution in [-0.2, 0) is 0 Å². The van der Waals surface area contributed by atoms with Gasteiger partial charge in [0.2, 0.25) is 0 Å². The van der Waals surface area contributed by atoms with Gasteiger partial charge in [-0.05, 0) is 47.4 Å². The van der Waals surface area contributed by atoms with E-state index in [1.165, 1.54) is 0 Å². The molecule has 1 heterocycles. The summed E-state index contributed by atoms with van der Waals surface area (Å²) >= 11 is 3.64. The average Bonchev–Trinajstić information content (AvgIpc) is 2.43. The standard InChI is InChI=1S/C16H19BrN2/c1-3-7-15(18-10-4-2)16-13(17)11-12-8-5-6-9-14(12)19-16/h3,5-6,8-9,11,15,18H,1,4,7,10H2,2H3. The maximum Gasteiger partial charge on any atom is 0.0725 e. The molecule has 1 aromatic carbocycles. The van der Waals surface area contributed by atoms with Gasteiger partial charge in [0, 0.05) is 9.86 Å². The van der Waals surface area contributed by atoms with E-state index >= 15 is 0 Å². The molecule has 0 aliphatic carbocycles. The zero-order valence-corrected chi connectivity index (χ0v) is 12.8. The van der Waals surface area contributed by atoms with Gasteiger partial charge >= 0.3 is 0 Å². The Kier molecular flexibility index (Phi) is 5.11. The monoisotopic (exact) mass is 318 g/mol. The molecule has 0 saturated carbocycles. The second-order valence-corrected chi connectivity index (χ2v) is 5.43. The zero-order valence-electron chi connectivity index (χ0n) is 11.2. The molecule has 0 aliphatic heterocycles. The van der Waals surface area contributed by atoms with E-state index in [9.17, 15) is 0 Å². The number of halogens is 1. The molecule has 0 spiro atoms. The molecule has 100 valence electrons. The first-order valence-electron chi connectivity index (χ1n) is 6.65. The topological polar surface area (TPSA) is 24.9 Å². The molecule has 3 heteroatoms. The maximum absolute atomic E-state index is 4.79. The van der Waals surface area contributed by atoms with Gasteiger partial charge < -0.3 is 5.32 Å². The minimum absolute atomic E-state index is 0.219. The van der Waals surface area contributed by atoms with Crippen molar-refractivity contribution in [3.8, 4) is 0 Å². The van der Waals surface area contributed by atoms with Crippen molar-refractivity contribution in [1.82, 2.24) is 10.3 Å². The highest BCUT2D eigenvalue weighted by Crippen LogP contribution is 2.27. The molecule has 2 nitrogen and oxygen atoms in total. The normalized spacial score (nSPS) is 12.5. The number of hydrogen-bond donors (Lipinski definition) is 1. The molecule has 1 unspecified atom stereocenters. The van der Waals surface area contributed by atoms with Crippen LogP contribution in [0, 0.1) is 0 Å². The second-order valence-electron chi connectivity index (χ2n) is 4.58. The summed E-state index contributed by atoms with van der Waals surface area (Å²) in [6.45, 7) is 7.00. The predicted octanol–water partition coefficient (Wildman–Crippen LogP) is 4.61. The Morgan fingerprint density at radius 1 is 1.42 bits per heavy atom. The summed E-state index contributed by atoms with van der Waals surface area (Å²) in [5.74, 6) is 0. The molecule has 1 N–H and O–H groups in total. The highest BCUT2D eigenvalue weighted by atomic mass is 79.9. The van der Waals surface area contributed by atoms with Crippen LogP contribution in [-0.4, -0.2) is 11.5 Å². The molecular weight excluding hydrogens is 300 g/mol. The summed E-state index contributed by atoms with van der Waals surface area (Å²) in [5, 5.41) is 4.69. The van der Waals surface area contributed by atoms with Crippen molar-refractivity contribution < 1.29 is 0 Å². The summed E-state index contributed by atoms with van der Waals surface area (Å²) < 4.78 is 1.06. The van der Waals surface area contributed by atoms with Gasteiger partial charge in [-0.15, -0.1) is 6.58 Å². The Morgan fingerprint density at radius 3 is 2.95 bits per heavy atom. The molecule has 19 heavy (non-hydrogen) atoms. The summed E-state index contributed by atoms with van der Waals surface area (Å²) in [6.07, 6.45) is 3.93. The maximum atomic E-state index is 4.79. The summed E-state index contributed by atoms with van der Waals surface area (Å²) in [6, 6.07) is 10.6. The van der Waals surface area contributed by atoms with Crippen LogP contribution in [0.1, 0.15) is 31.5 Å². The predicted molar refractivity (Wildman–Crippen MR) is 85.3 cm³/mol. The van der Waals surface area contributed by atoms with E-state index in [0.29, 0.717) is 0 Å². The number of benzene rings is 1. The third-order valence-corrected chi connectivity index (χ3v) is 3.71. The van der Waals surface area contributed by atoms with Gasteiger partial charge in [-0.3, -0.25) is 0 Å². The molecule has 0 aliphatic rings. The zero-order chi connectivity index (χ0) is 13.7. The molecule has 0 amide bonds.